The summed E-state index contributed by atoms with van der Waals surface area (Å²) in [5.41, 5.74) is 0. The predicted molar refractivity (Wildman–Crippen MR) is 63.4 cm³/mol. The number of halogens is 1. The van der Waals surface area contributed by atoms with E-state index in [1.54, 1.807) is 0 Å². The second-order valence-corrected chi connectivity index (χ2v) is 5.45. The Morgan fingerprint density at radius 3 is 2.75 bits per heavy atom. The van der Waals surface area contributed by atoms with Gasteiger partial charge < -0.3 is 10.0 Å². The number of aliphatic hydroxyl groups is 1. The molecule has 0 bridgehead atoms. The van der Waals surface area contributed by atoms with Gasteiger partial charge >= 0.3 is 0 Å². The molecule has 1 heterocycles. The SMILES string of the molecule is O=C(CCCl)N1CC[C@H](O)[C@H](CC2CC2)C1. The van der Waals surface area contributed by atoms with E-state index in [0.717, 1.165) is 25.3 Å². The number of rotatable bonds is 4. The van der Waals surface area contributed by atoms with E-state index in [-0.39, 0.29) is 12.0 Å². The first-order valence-electron chi connectivity index (χ1n) is 6.22. The Labute approximate surface area is 102 Å². The summed E-state index contributed by atoms with van der Waals surface area (Å²) in [4.78, 5) is 13.6. The maximum atomic E-state index is 11.7. The molecule has 0 aromatic heterocycles. The van der Waals surface area contributed by atoms with Crippen molar-refractivity contribution in [3.63, 3.8) is 0 Å². The maximum Gasteiger partial charge on any atom is 0.223 e. The summed E-state index contributed by atoms with van der Waals surface area (Å²) in [5.74, 6) is 1.64. The monoisotopic (exact) mass is 245 g/mol. The zero-order chi connectivity index (χ0) is 11.5. The van der Waals surface area contributed by atoms with Crippen LogP contribution in [-0.4, -0.2) is 41.0 Å². The third kappa shape index (κ3) is 3.11. The molecule has 1 N–H and O–H groups in total. The van der Waals surface area contributed by atoms with Crippen LogP contribution in [0.15, 0.2) is 0 Å². The highest BCUT2D eigenvalue weighted by Crippen LogP contribution is 2.37. The summed E-state index contributed by atoms with van der Waals surface area (Å²) in [6.45, 7) is 1.42. The second kappa shape index (κ2) is 5.37. The normalized spacial score (nSPS) is 30.5. The van der Waals surface area contributed by atoms with Crippen molar-refractivity contribution in [1.82, 2.24) is 4.90 Å². The van der Waals surface area contributed by atoms with Crippen LogP contribution in [0.1, 0.15) is 32.1 Å². The number of nitrogens with zero attached hydrogens (tertiary/aromatic N) is 1. The lowest BCUT2D eigenvalue weighted by Gasteiger charge is -2.36. The van der Waals surface area contributed by atoms with E-state index in [4.69, 9.17) is 11.6 Å². The molecular formula is C12H20ClNO2. The fourth-order valence-corrected chi connectivity index (χ4v) is 2.66. The number of amides is 1. The molecule has 1 aliphatic carbocycles. The van der Waals surface area contributed by atoms with Gasteiger partial charge in [-0.1, -0.05) is 12.8 Å². The third-order valence-electron chi connectivity index (χ3n) is 3.69. The van der Waals surface area contributed by atoms with Crippen LogP contribution in [0.3, 0.4) is 0 Å². The summed E-state index contributed by atoms with van der Waals surface area (Å²) in [5, 5.41) is 9.91. The Balaban J connectivity index is 1.84. The molecule has 1 amide bonds. The minimum atomic E-state index is -0.208. The number of hydrogen-bond donors (Lipinski definition) is 1. The predicted octanol–water partition coefficient (Wildman–Crippen LogP) is 1.62. The molecule has 2 fully saturated rings. The van der Waals surface area contributed by atoms with Gasteiger partial charge in [-0.25, -0.2) is 0 Å². The average molecular weight is 246 g/mol. The first kappa shape index (κ1) is 12.2. The van der Waals surface area contributed by atoms with Crippen molar-refractivity contribution in [2.45, 2.75) is 38.2 Å². The zero-order valence-corrected chi connectivity index (χ0v) is 10.3. The third-order valence-corrected chi connectivity index (χ3v) is 3.88. The van der Waals surface area contributed by atoms with E-state index in [1.165, 1.54) is 12.8 Å². The number of hydrogen-bond acceptors (Lipinski definition) is 2. The molecule has 92 valence electrons. The number of carbonyl (C=O) groups excluding carboxylic acids is 1. The van der Waals surface area contributed by atoms with E-state index in [1.807, 2.05) is 4.90 Å². The minimum absolute atomic E-state index is 0.141. The van der Waals surface area contributed by atoms with Crippen molar-refractivity contribution >= 4 is 17.5 Å². The Morgan fingerprint density at radius 1 is 1.38 bits per heavy atom. The topological polar surface area (TPSA) is 40.5 Å². The molecular weight excluding hydrogens is 226 g/mol. The molecule has 2 aliphatic rings. The van der Waals surface area contributed by atoms with Crippen LogP contribution in [0.4, 0.5) is 0 Å². The maximum absolute atomic E-state index is 11.7. The van der Waals surface area contributed by atoms with Crippen molar-refractivity contribution in [2.24, 2.45) is 11.8 Å². The molecule has 1 saturated carbocycles. The molecule has 1 saturated heterocycles. The van der Waals surface area contributed by atoms with Crippen molar-refractivity contribution < 1.29 is 9.90 Å². The van der Waals surface area contributed by atoms with Crippen LogP contribution in [0.25, 0.3) is 0 Å². The summed E-state index contributed by atoms with van der Waals surface area (Å²) in [6, 6.07) is 0. The number of alkyl halides is 1. The van der Waals surface area contributed by atoms with Gasteiger partial charge in [0.1, 0.15) is 0 Å². The molecule has 0 aromatic rings. The highest BCUT2D eigenvalue weighted by atomic mass is 35.5. The van der Waals surface area contributed by atoms with E-state index in [2.05, 4.69) is 0 Å². The van der Waals surface area contributed by atoms with E-state index in [9.17, 15) is 9.90 Å². The Kier molecular flexibility index (Phi) is 4.09. The lowest BCUT2D eigenvalue weighted by Crippen LogP contribution is -2.46. The second-order valence-electron chi connectivity index (χ2n) is 5.07. The van der Waals surface area contributed by atoms with Crippen molar-refractivity contribution in [3.8, 4) is 0 Å². The standard InChI is InChI=1S/C12H20ClNO2/c13-5-3-12(16)14-6-4-11(15)10(8-14)7-9-1-2-9/h9-11,15H,1-8H2/t10-,11+/m1/s1. The Bertz CT molecular complexity index is 255. The highest BCUT2D eigenvalue weighted by molar-refractivity contribution is 6.18. The molecule has 2 rings (SSSR count). The highest BCUT2D eigenvalue weighted by Gasteiger charge is 2.34. The summed E-state index contributed by atoms with van der Waals surface area (Å²) in [7, 11) is 0. The van der Waals surface area contributed by atoms with Gasteiger partial charge in [-0.3, -0.25) is 4.79 Å². The Morgan fingerprint density at radius 2 is 2.12 bits per heavy atom. The van der Waals surface area contributed by atoms with Crippen molar-refractivity contribution in [1.29, 1.82) is 0 Å². The number of likely N-dealkylation sites (tertiary alicyclic amines) is 1. The van der Waals surface area contributed by atoms with Gasteiger partial charge in [-0.2, -0.15) is 0 Å². The van der Waals surface area contributed by atoms with Crippen LogP contribution in [0.5, 0.6) is 0 Å². The van der Waals surface area contributed by atoms with Gasteiger partial charge in [0.25, 0.3) is 0 Å². The molecule has 3 nitrogen and oxygen atoms in total. The lowest BCUT2D eigenvalue weighted by molar-refractivity contribution is -0.134. The van der Waals surface area contributed by atoms with Crippen LogP contribution < -0.4 is 0 Å². The molecule has 0 unspecified atom stereocenters. The minimum Gasteiger partial charge on any atom is -0.393 e. The van der Waals surface area contributed by atoms with Gasteiger partial charge in [0, 0.05) is 31.3 Å². The number of aliphatic hydroxyl groups excluding tert-OH is 1. The van der Waals surface area contributed by atoms with Gasteiger partial charge in [0.05, 0.1) is 6.10 Å². The van der Waals surface area contributed by atoms with Crippen LogP contribution in [0, 0.1) is 11.8 Å². The molecule has 0 radical (unpaired) electrons. The van der Waals surface area contributed by atoms with Crippen LogP contribution in [0.2, 0.25) is 0 Å². The van der Waals surface area contributed by atoms with Gasteiger partial charge in [-0.15, -0.1) is 11.6 Å². The van der Waals surface area contributed by atoms with E-state index < -0.39 is 0 Å². The molecule has 4 heteroatoms. The van der Waals surface area contributed by atoms with E-state index >= 15 is 0 Å². The first-order valence-corrected chi connectivity index (χ1v) is 6.76. The van der Waals surface area contributed by atoms with E-state index in [0.29, 0.717) is 24.8 Å². The fourth-order valence-electron chi connectivity index (χ4n) is 2.50. The average Bonchev–Trinajstić information content (AvgIpc) is 3.05. The Hall–Kier alpha value is -0.280. The quantitative estimate of drug-likeness (QED) is 0.765. The van der Waals surface area contributed by atoms with Gasteiger partial charge in [0.2, 0.25) is 5.91 Å². The van der Waals surface area contributed by atoms with Gasteiger partial charge in [-0.05, 0) is 18.8 Å². The fraction of sp³-hybridized carbons (Fsp3) is 0.917. The molecule has 0 aromatic carbocycles. The van der Waals surface area contributed by atoms with Crippen LogP contribution >= 0.6 is 11.6 Å². The summed E-state index contributed by atoms with van der Waals surface area (Å²) < 4.78 is 0. The first-order chi connectivity index (χ1) is 7.70. The summed E-state index contributed by atoms with van der Waals surface area (Å²) in [6.07, 6.45) is 4.64. The van der Waals surface area contributed by atoms with Crippen LogP contribution in [-0.2, 0) is 4.79 Å². The smallest absolute Gasteiger partial charge is 0.223 e. The van der Waals surface area contributed by atoms with Crippen molar-refractivity contribution in [2.75, 3.05) is 19.0 Å². The van der Waals surface area contributed by atoms with Gasteiger partial charge in [0.15, 0.2) is 0 Å². The molecule has 16 heavy (non-hydrogen) atoms. The molecule has 0 spiro atoms. The number of carbonyl (C=O) groups is 1. The van der Waals surface area contributed by atoms with Crippen molar-refractivity contribution in [3.05, 3.63) is 0 Å². The largest absolute Gasteiger partial charge is 0.393 e. The molecule has 1 aliphatic heterocycles. The zero-order valence-electron chi connectivity index (χ0n) is 9.57. The lowest BCUT2D eigenvalue weighted by atomic mass is 9.89. The summed E-state index contributed by atoms with van der Waals surface area (Å²) >= 11 is 5.58. The number of piperidine rings is 1. The molecule has 2 atom stereocenters.